The first kappa shape index (κ1) is 15.8. The fourth-order valence-electron chi connectivity index (χ4n) is 2.90. The number of aliphatic carboxylic acids is 1. The second-order valence-corrected chi connectivity index (χ2v) is 5.92. The molecule has 114 valence electrons. The molecule has 1 unspecified atom stereocenters. The Bertz CT molecular complexity index is 524. The minimum absolute atomic E-state index is 0.00183. The molecule has 1 N–H and O–H groups in total. The number of carbonyl (C=O) groups excluding carboxylic acids is 1. The number of rotatable bonds is 4. The zero-order valence-electron chi connectivity index (χ0n) is 12.1. The summed E-state index contributed by atoms with van der Waals surface area (Å²) in [5.74, 6) is -0.893. The quantitative estimate of drug-likeness (QED) is 0.926. The number of nitrogens with zero attached hydrogens (tertiary/aromatic N) is 1. The molecule has 1 atom stereocenters. The van der Waals surface area contributed by atoms with Crippen LogP contribution in [0.4, 0.5) is 0 Å². The summed E-state index contributed by atoms with van der Waals surface area (Å²) in [4.78, 5) is 25.4. The lowest BCUT2D eigenvalue weighted by atomic mass is 9.96. The van der Waals surface area contributed by atoms with Crippen LogP contribution in [-0.2, 0) is 4.79 Å². The van der Waals surface area contributed by atoms with Gasteiger partial charge in [0.25, 0.3) is 5.91 Å². The van der Waals surface area contributed by atoms with E-state index in [-0.39, 0.29) is 18.4 Å². The van der Waals surface area contributed by atoms with Gasteiger partial charge in [-0.3, -0.25) is 9.59 Å². The van der Waals surface area contributed by atoms with Crippen LogP contribution in [0.5, 0.6) is 0 Å². The molecule has 1 heterocycles. The summed E-state index contributed by atoms with van der Waals surface area (Å²) in [6.07, 6.45) is 3.46. The van der Waals surface area contributed by atoms with Crippen molar-refractivity contribution in [3.8, 4) is 0 Å². The number of piperidine rings is 1. The van der Waals surface area contributed by atoms with Gasteiger partial charge in [-0.05, 0) is 44.2 Å². The minimum atomic E-state index is -0.818. The molecule has 0 saturated carbocycles. The van der Waals surface area contributed by atoms with Crippen molar-refractivity contribution < 1.29 is 14.7 Å². The Kier molecular flexibility index (Phi) is 5.23. The topological polar surface area (TPSA) is 57.6 Å². The zero-order chi connectivity index (χ0) is 15.4. The number of hydrogen-bond donors (Lipinski definition) is 1. The van der Waals surface area contributed by atoms with Gasteiger partial charge in [-0.1, -0.05) is 23.7 Å². The van der Waals surface area contributed by atoms with E-state index in [1.54, 1.807) is 11.0 Å². The number of halogens is 1. The molecule has 1 aliphatic heterocycles. The predicted octanol–water partition coefficient (Wildman–Crippen LogP) is 3.51. The van der Waals surface area contributed by atoms with Crippen molar-refractivity contribution in [2.75, 3.05) is 6.54 Å². The number of likely N-dealkylation sites (tertiary alicyclic amines) is 1. The molecule has 0 aliphatic carbocycles. The maximum Gasteiger partial charge on any atom is 0.303 e. The molecule has 1 saturated heterocycles. The van der Waals surface area contributed by atoms with Crippen LogP contribution in [0.2, 0.25) is 5.02 Å². The summed E-state index contributed by atoms with van der Waals surface area (Å²) >= 11 is 6.18. The van der Waals surface area contributed by atoms with Gasteiger partial charge in [0.1, 0.15) is 0 Å². The highest BCUT2D eigenvalue weighted by molar-refractivity contribution is 6.34. The number of carbonyl (C=O) groups is 2. The van der Waals surface area contributed by atoms with Crippen LogP contribution < -0.4 is 0 Å². The van der Waals surface area contributed by atoms with Gasteiger partial charge in [0.2, 0.25) is 0 Å². The van der Waals surface area contributed by atoms with Crippen molar-refractivity contribution in [2.24, 2.45) is 0 Å². The van der Waals surface area contributed by atoms with Crippen LogP contribution in [0.15, 0.2) is 18.2 Å². The third-order valence-corrected chi connectivity index (χ3v) is 4.33. The second kappa shape index (κ2) is 6.94. The van der Waals surface area contributed by atoms with E-state index >= 15 is 0 Å². The first-order chi connectivity index (χ1) is 10.0. The monoisotopic (exact) mass is 309 g/mol. The Labute approximate surface area is 129 Å². The number of hydrogen-bond acceptors (Lipinski definition) is 2. The number of carboxylic acid groups (broad SMARTS) is 1. The van der Waals surface area contributed by atoms with Crippen LogP contribution in [0, 0.1) is 6.92 Å². The third kappa shape index (κ3) is 3.76. The van der Waals surface area contributed by atoms with E-state index in [0.29, 0.717) is 23.6 Å². The van der Waals surface area contributed by atoms with E-state index in [1.807, 2.05) is 19.1 Å². The molecule has 1 fully saturated rings. The van der Waals surface area contributed by atoms with Gasteiger partial charge in [0, 0.05) is 19.0 Å². The van der Waals surface area contributed by atoms with Crippen LogP contribution >= 0.6 is 11.6 Å². The SMILES string of the molecule is Cc1cccc(Cl)c1C(=O)N1CCCCC1CCC(=O)O. The molecule has 5 heteroatoms. The summed E-state index contributed by atoms with van der Waals surface area (Å²) in [5.41, 5.74) is 1.40. The number of benzene rings is 1. The van der Waals surface area contributed by atoms with Gasteiger partial charge >= 0.3 is 5.97 Å². The largest absolute Gasteiger partial charge is 0.481 e. The maximum absolute atomic E-state index is 12.8. The molecule has 1 amide bonds. The van der Waals surface area contributed by atoms with E-state index in [1.165, 1.54) is 0 Å². The number of amides is 1. The highest BCUT2D eigenvalue weighted by Gasteiger charge is 2.29. The van der Waals surface area contributed by atoms with E-state index < -0.39 is 5.97 Å². The molecule has 1 aliphatic rings. The lowest BCUT2D eigenvalue weighted by molar-refractivity contribution is -0.137. The molecular weight excluding hydrogens is 290 g/mol. The normalized spacial score (nSPS) is 18.6. The summed E-state index contributed by atoms with van der Waals surface area (Å²) in [7, 11) is 0. The van der Waals surface area contributed by atoms with E-state index in [2.05, 4.69) is 0 Å². The Balaban J connectivity index is 2.20. The van der Waals surface area contributed by atoms with E-state index in [4.69, 9.17) is 16.7 Å². The van der Waals surface area contributed by atoms with Gasteiger partial charge in [0.05, 0.1) is 10.6 Å². The van der Waals surface area contributed by atoms with Crippen LogP contribution in [-0.4, -0.2) is 34.5 Å². The fourth-order valence-corrected chi connectivity index (χ4v) is 3.21. The Morgan fingerprint density at radius 2 is 2.14 bits per heavy atom. The lowest BCUT2D eigenvalue weighted by Crippen LogP contribution is -2.44. The number of aryl methyl sites for hydroxylation is 1. The molecule has 0 bridgehead atoms. The van der Waals surface area contributed by atoms with Crippen LogP contribution in [0.25, 0.3) is 0 Å². The smallest absolute Gasteiger partial charge is 0.303 e. The van der Waals surface area contributed by atoms with Gasteiger partial charge in [-0.15, -0.1) is 0 Å². The summed E-state index contributed by atoms with van der Waals surface area (Å²) in [5, 5.41) is 9.31. The Morgan fingerprint density at radius 3 is 2.81 bits per heavy atom. The van der Waals surface area contributed by atoms with Crippen molar-refractivity contribution in [3.05, 3.63) is 34.3 Å². The summed E-state index contributed by atoms with van der Waals surface area (Å²) in [6.45, 7) is 2.54. The van der Waals surface area contributed by atoms with Crippen LogP contribution in [0.3, 0.4) is 0 Å². The van der Waals surface area contributed by atoms with Crippen LogP contribution in [0.1, 0.15) is 48.0 Å². The maximum atomic E-state index is 12.8. The highest BCUT2D eigenvalue weighted by atomic mass is 35.5. The first-order valence-electron chi connectivity index (χ1n) is 7.28. The summed E-state index contributed by atoms with van der Waals surface area (Å²) in [6, 6.07) is 5.41. The Morgan fingerprint density at radius 1 is 1.38 bits per heavy atom. The van der Waals surface area contributed by atoms with Crippen molar-refractivity contribution in [1.29, 1.82) is 0 Å². The van der Waals surface area contributed by atoms with Gasteiger partial charge in [-0.2, -0.15) is 0 Å². The third-order valence-electron chi connectivity index (χ3n) is 4.02. The average molecular weight is 310 g/mol. The molecular formula is C16H20ClNO3. The minimum Gasteiger partial charge on any atom is -0.481 e. The Hall–Kier alpha value is -1.55. The van der Waals surface area contributed by atoms with Crippen molar-refractivity contribution in [3.63, 3.8) is 0 Å². The molecule has 2 rings (SSSR count). The molecule has 21 heavy (non-hydrogen) atoms. The summed E-state index contributed by atoms with van der Waals surface area (Å²) < 4.78 is 0. The van der Waals surface area contributed by atoms with Crippen molar-refractivity contribution >= 4 is 23.5 Å². The van der Waals surface area contributed by atoms with Crippen molar-refractivity contribution in [2.45, 2.75) is 45.1 Å². The molecule has 4 nitrogen and oxygen atoms in total. The number of carboxylic acids is 1. The van der Waals surface area contributed by atoms with E-state index in [0.717, 1.165) is 24.8 Å². The molecule has 0 spiro atoms. The first-order valence-corrected chi connectivity index (χ1v) is 7.66. The van der Waals surface area contributed by atoms with Gasteiger partial charge in [0.15, 0.2) is 0 Å². The van der Waals surface area contributed by atoms with Crippen molar-refractivity contribution in [1.82, 2.24) is 4.90 Å². The fraction of sp³-hybridized carbons (Fsp3) is 0.500. The average Bonchev–Trinajstić information content (AvgIpc) is 2.45. The van der Waals surface area contributed by atoms with E-state index in [9.17, 15) is 9.59 Å². The zero-order valence-corrected chi connectivity index (χ0v) is 12.9. The lowest BCUT2D eigenvalue weighted by Gasteiger charge is -2.36. The van der Waals surface area contributed by atoms with Gasteiger partial charge in [-0.25, -0.2) is 0 Å². The molecule has 1 aromatic rings. The highest BCUT2D eigenvalue weighted by Crippen LogP contribution is 2.27. The molecule has 0 radical (unpaired) electrons. The molecule has 1 aromatic carbocycles. The predicted molar refractivity (Wildman–Crippen MR) is 81.7 cm³/mol. The second-order valence-electron chi connectivity index (χ2n) is 5.51. The standard InChI is InChI=1S/C16H20ClNO3/c1-11-5-4-7-13(17)15(11)16(21)18-10-3-2-6-12(18)8-9-14(19)20/h4-5,7,12H,2-3,6,8-10H2,1H3,(H,19,20). The van der Waals surface area contributed by atoms with Gasteiger partial charge < -0.3 is 10.0 Å². The molecule has 0 aromatic heterocycles.